The summed E-state index contributed by atoms with van der Waals surface area (Å²) in [6.07, 6.45) is 1.67. The van der Waals surface area contributed by atoms with Crippen molar-refractivity contribution in [3.63, 3.8) is 0 Å². The van der Waals surface area contributed by atoms with Crippen molar-refractivity contribution in [3.8, 4) is 5.75 Å². The molecule has 0 aliphatic rings. The maximum absolute atomic E-state index is 13.3. The van der Waals surface area contributed by atoms with Gasteiger partial charge in [-0.15, -0.1) is 0 Å². The van der Waals surface area contributed by atoms with Gasteiger partial charge in [0, 0.05) is 6.54 Å². The van der Waals surface area contributed by atoms with E-state index in [0.717, 1.165) is 34.0 Å². The number of carbonyl (C=O) groups excluding carboxylic acids is 1. The zero-order valence-corrected chi connectivity index (χ0v) is 20.7. The van der Waals surface area contributed by atoms with Gasteiger partial charge < -0.3 is 10.1 Å². The van der Waals surface area contributed by atoms with E-state index < -0.39 is 10.0 Å². The molecule has 0 bridgehead atoms. The number of aryl methyl sites for hydroxylation is 2. The fourth-order valence-corrected chi connectivity index (χ4v) is 4.88. The van der Waals surface area contributed by atoms with Crippen molar-refractivity contribution in [2.24, 2.45) is 0 Å². The topological polar surface area (TPSA) is 75.7 Å². The van der Waals surface area contributed by atoms with Crippen LogP contribution in [0.3, 0.4) is 0 Å². The quantitative estimate of drug-likeness (QED) is 0.403. The van der Waals surface area contributed by atoms with E-state index in [1.54, 1.807) is 48.5 Å². The molecule has 3 aromatic carbocycles. The molecule has 3 aromatic rings. The first-order valence-corrected chi connectivity index (χ1v) is 12.9. The lowest BCUT2D eigenvalue weighted by molar-refractivity contribution is -0.119. The van der Waals surface area contributed by atoms with Crippen LogP contribution in [0.25, 0.3) is 0 Å². The van der Waals surface area contributed by atoms with Gasteiger partial charge in [-0.1, -0.05) is 48.0 Å². The first kappa shape index (κ1) is 25.3. The van der Waals surface area contributed by atoms with Crippen LogP contribution >= 0.6 is 0 Å². The smallest absolute Gasteiger partial charge is 0.264 e. The van der Waals surface area contributed by atoms with Gasteiger partial charge in [-0.25, -0.2) is 8.42 Å². The van der Waals surface area contributed by atoms with E-state index in [0.29, 0.717) is 12.2 Å². The molecule has 6 nitrogen and oxygen atoms in total. The van der Waals surface area contributed by atoms with Crippen molar-refractivity contribution >= 4 is 21.6 Å². The molecule has 3 rings (SSSR count). The lowest BCUT2D eigenvalue weighted by Crippen LogP contribution is -2.41. The number of hydrogen-bond acceptors (Lipinski definition) is 4. The Morgan fingerprint density at radius 3 is 2.21 bits per heavy atom. The Morgan fingerprint density at radius 2 is 1.59 bits per heavy atom. The molecule has 0 fully saturated rings. The molecule has 180 valence electrons. The Morgan fingerprint density at radius 1 is 0.941 bits per heavy atom. The average molecular weight is 481 g/mol. The minimum atomic E-state index is -3.89. The zero-order valence-electron chi connectivity index (χ0n) is 19.9. The molecule has 1 N–H and O–H groups in total. The maximum atomic E-state index is 13.3. The van der Waals surface area contributed by atoms with Crippen molar-refractivity contribution in [2.75, 3.05) is 17.4 Å². The van der Waals surface area contributed by atoms with Gasteiger partial charge in [-0.05, 0) is 75.6 Å². The van der Waals surface area contributed by atoms with Gasteiger partial charge in [-0.3, -0.25) is 9.10 Å². The lowest BCUT2D eigenvalue weighted by atomic mass is 10.1. The summed E-state index contributed by atoms with van der Waals surface area (Å²) < 4.78 is 33.5. The number of sulfonamides is 1. The maximum Gasteiger partial charge on any atom is 0.264 e. The SMILES string of the molecule is Cc1ccc(S(=O)(=O)N(CC(=O)NCCCc2ccc(OC(C)C)cc2)c2ccccc2)cc1. The average Bonchev–Trinajstić information content (AvgIpc) is 2.82. The van der Waals surface area contributed by atoms with Crippen LogP contribution in [0.4, 0.5) is 5.69 Å². The summed E-state index contributed by atoms with van der Waals surface area (Å²) in [7, 11) is -3.89. The molecule has 0 heterocycles. The van der Waals surface area contributed by atoms with E-state index >= 15 is 0 Å². The fourth-order valence-electron chi connectivity index (χ4n) is 3.46. The minimum Gasteiger partial charge on any atom is -0.491 e. The number of nitrogens with one attached hydrogen (secondary N) is 1. The molecular weight excluding hydrogens is 448 g/mol. The van der Waals surface area contributed by atoms with Gasteiger partial charge in [-0.2, -0.15) is 0 Å². The van der Waals surface area contributed by atoms with Gasteiger partial charge >= 0.3 is 0 Å². The fraction of sp³-hybridized carbons (Fsp3) is 0.296. The Kier molecular flexibility index (Phi) is 8.71. The first-order chi connectivity index (χ1) is 16.3. The third-order valence-corrected chi connectivity index (χ3v) is 6.99. The monoisotopic (exact) mass is 480 g/mol. The molecule has 0 unspecified atom stereocenters. The van der Waals surface area contributed by atoms with Crippen molar-refractivity contribution in [1.82, 2.24) is 5.32 Å². The van der Waals surface area contributed by atoms with Crippen LogP contribution in [0.2, 0.25) is 0 Å². The molecule has 1 amide bonds. The summed E-state index contributed by atoms with van der Waals surface area (Å²) in [5.74, 6) is 0.489. The predicted molar refractivity (Wildman–Crippen MR) is 136 cm³/mol. The van der Waals surface area contributed by atoms with E-state index in [2.05, 4.69) is 5.32 Å². The standard InChI is InChI=1S/C27H32N2O4S/c1-21(2)33-25-15-13-23(14-16-25)8-7-19-28-27(30)20-29(24-9-5-4-6-10-24)34(31,32)26-17-11-22(3)12-18-26/h4-6,9-18,21H,7-8,19-20H2,1-3H3,(H,28,30). The number of ether oxygens (including phenoxy) is 1. The van der Waals surface area contributed by atoms with E-state index in [1.165, 1.54) is 0 Å². The third-order valence-electron chi connectivity index (χ3n) is 5.20. The van der Waals surface area contributed by atoms with Crippen LogP contribution in [0.5, 0.6) is 5.75 Å². The van der Waals surface area contributed by atoms with E-state index in [1.807, 2.05) is 51.1 Å². The molecule has 34 heavy (non-hydrogen) atoms. The van der Waals surface area contributed by atoms with Crippen LogP contribution in [0.1, 0.15) is 31.4 Å². The van der Waals surface area contributed by atoms with Gasteiger partial charge in [0.25, 0.3) is 10.0 Å². The number of para-hydroxylation sites is 1. The molecule has 0 saturated heterocycles. The van der Waals surface area contributed by atoms with Gasteiger partial charge in [0.2, 0.25) is 5.91 Å². The highest BCUT2D eigenvalue weighted by atomic mass is 32.2. The Balaban J connectivity index is 1.60. The first-order valence-electron chi connectivity index (χ1n) is 11.4. The highest BCUT2D eigenvalue weighted by Crippen LogP contribution is 2.23. The van der Waals surface area contributed by atoms with Crippen LogP contribution in [-0.2, 0) is 21.2 Å². The van der Waals surface area contributed by atoms with E-state index in [9.17, 15) is 13.2 Å². The normalized spacial score (nSPS) is 11.3. The predicted octanol–water partition coefficient (Wildman–Crippen LogP) is 4.73. The summed E-state index contributed by atoms with van der Waals surface area (Å²) in [6.45, 7) is 6.04. The summed E-state index contributed by atoms with van der Waals surface area (Å²) in [6, 6.07) is 23.2. The summed E-state index contributed by atoms with van der Waals surface area (Å²) in [5.41, 5.74) is 2.56. The van der Waals surface area contributed by atoms with Gasteiger partial charge in [0.05, 0.1) is 16.7 Å². The molecule has 0 spiro atoms. The third kappa shape index (κ3) is 7.09. The number of benzene rings is 3. The zero-order chi connectivity index (χ0) is 24.6. The molecule has 0 saturated carbocycles. The highest BCUT2D eigenvalue weighted by Gasteiger charge is 2.26. The molecule has 0 radical (unpaired) electrons. The second kappa shape index (κ2) is 11.7. The molecule has 0 atom stereocenters. The number of rotatable bonds is 11. The van der Waals surface area contributed by atoms with Crippen LogP contribution in [0.15, 0.2) is 83.8 Å². The number of carbonyl (C=O) groups is 1. The second-order valence-electron chi connectivity index (χ2n) is 8.42. The Hall–Kier alpha value is -3.32. The highest BCUT2D eigenvalue weighted by molar-refractivity contribution is 7.92. The summed E-state index contributed by atoms with van der Waals surface area (Å²) in [4.78, 5) is 12.8. The number of nitrogens with zero attached hydrogens (tertiary/aromatic N) is 1. The molecule has 0 aliphatic carbocycles. The van der Waals surface area contributed by atoms with Crippen LogP contribution in [-0.4, -0.2) is 33.5 Å². The van der Waals surface area contributed by atoms with Crippen molar-refractivity contribution in [1.29, 1.82) is 0 Å². The number of anilines is 1. The number of hydrogen-bond donors (Lipinski definition) is 1. The van der Waals surface area contributed by atoms with Gasteiger partial charge in [0.1, 0.15) is 12.3 Å². The van der Waals surface area contributed by atoms with Crippen molar-refractivity contribution < 1.29 is 17.9 Å². The second-order valence-corrected chi connectivity index (χ2v) is 10.3. The van der Waals surface area contributed by atoms with Crippen LogP contribution < -0.4 is 14.4 Å². The summed E-state index contributed by atoms with van der Waals surface area (Å²) >= 11 is 0. The minimum absolute atomic E-state index is 0.131. The van der Waals surface area contributed by atoms with Crippen molar-refractivity contribution in [3.05, 3.63) is 90.0 Å². The molecule has 0 aromatic heterocycles. The van der Waals surface area contributed by atoms with Crippen LogP contribution in [0, 0.1) is 6.92 Å². The number of amides is 1. The molecule has 0 aliphatic heterocycles. The Bertz CT molecular complexity index is 1160. The van der Waals surface area contributed by atoms with E-state index in [-0.39, 0.29) is 23.5 Å². The summed E-state index contributed by atoms with van der Waals surface area (Å²) in [5, 5.41) is 2.85. The Labute approximate surface area is 202 Å². The lowest BCUT2D eigenvalue weighted by Gasteiger charge is -2.24. The van der Waals surface area contributed by atoms with E-state index in [4.69, 9.17) is 4.74 Å². The molecule has 7 heteroatoms. The van der Waals surface area contributed by atoms with Crippen molar-refractivity contribution in [2.45, 2.75) is 44.6 Å². The van der Waals surface area contributed by atoms with Gasteiger partial charge in [0.15, 0.2) is 0 Å². The largest absolute Gasteiger partial charge is 0.491 e. The molecular formula is C27H32N2O4S.